The minimum Gasteiger partial charge on any atom is -0.482 e. The average Bonchev–Trinajstić information content (AvgIpc) is 2.58. The second-order valence-corrected chi connectivity index (χ2v) is 7.30. The molecule has 0 bridgehead atoms. The highest BCUT2D eigenvalue weighted by atomic mass is 16.5. The van der Waals surface area contributed by atoms with Crippen molar-refractivity contribution in [2.24, 2.45) is 5.92 Å². The number of anilines is 2. The Morgan fingerprint density at radius 2 is 2.04 bits per heavy atom. The predicted molar refractivity (Wildman–Crippen MR) is 98.2 cm³/mol. The second-order valence-electron chi connectivity index (χ2n) is 7.30. The molecule has 1 heterocycles. The summed E-state index contributed by atoms with van der Waals surface area (Å²) in [5, 5.41) is 5.92. The fourth-order valence-electron chi connectivity index (χ4n) is 3.44. The SMILES string of the molecule is CC(C)CN1C(=O)COc2ccc(NC(=O)NC3CCCCC3)cc21. The molecule has 25 heavy (non-hydrogen) atoms. The Bertz CT molecular complexity index is 639. The molecule has 0 atom stereocenters. The van der Waals surface area contributed by atoms with E-state index in [0.29, 0.717) is 23.9 Å². The van der Waals surface area contributed by atoms with E-state index in [4.69, 9.17) is 4.74 Å². The maximum Gasteiger partial charge on any atom is 0.319 e. The molecule has 2 aliphatic rings. The molecule has 1 fully saturated rings. The summed E-state index contributed by atoms with van der Waals surface area (Å²) in [4.78, 5) is 26.2. The summed E-state index contributed by atoms with van der Waals surface area (Å²) < 4.78 is 5.51. The summed E-state index contributed by atoms with van der Waals surface area (Å²) in [6.45, 7) is 4.84. The van der Waals surface area contributed by atoms with Gasteiger partial charge in [0.1, 0.15) is 5.75 Å². The van der Waals surface area contributed by atoms with Gasteiger partial charge in [-0.3, -0.25) is 4.79 Å². The average molecular weight is 345 g/mol. The lowest BCUT2D eigenvalue weighted by Crippen LogP contribution is -2.41. The molecule has 3 amide bonds. The van der Waals surface area contributed by atoms with E-state index < -0.39 is 0 Å². The van der Waals surface area contributed by atoms with E-state index in [1.54, 1.807) is 4.90 Å². The second kappa shape index (κ2) is 7.76. The van der Waals surface area contributed by atoms with E-state index >= 15 is 0 Å². The standard InChI is InChI=1S/C19H27N3O3/c1-13(2)11-22-16-10-15(8-9-17(16)25-12-18(22)23)21-19(24)20-14-6-4-3-5-7-14/h8-10,13-14H,3-7,11-12H2,1-2H3,(H2,20,21,24). The van der Waals surface area contributed by atoms with Crippen LogP contribution in [0.1, 0.15) is 46.0 Å². The molecule has 6 heteroatoms. The van der Waals surface area contributed by atoms with Crippen molar-refractivity contribution < 1.29 is 14.3 Å². The van der Waals surface area contributed by atoms with E-state index in [1.807, 2.05) is 18.2 Å². The van der Waals surface area contributed by atoms with Crippen molar-refractivity contribution >= 4 is 23.3 Å². The van der Waals surface area contributed by atoms with Gasteiger partial charge in [0.25, 0.3) is 5.91 Å². The molecule has 1 aliphatic heterocycles. The van der Waals surface area contributed by atoms with E-state index in [0.717, 1.165) is 18.5 Å². The van der Waals surface area contributed by atoms with Gasteiger partial charge in [-0.25, -0.2) is 4.79 Å². The quantitative estimate of drug-likeness (QED) is 0.877. The van der Waals surface area contributed by atoms with Crippen molar-refractivity contribution in [2.45, 2.75) is 52.0 Å². The first kappa shape index (κ1) is 17.6. The van der Waals surface area contributed by atoms with Crippen LogP contribution in [0.3, 0.4) is 0 Å². The molecule has 1 aromatic carbocycles. The number of amides is 3. The number of benzene rings is 1. The number of urea groups is 1. The molecular formula is C19H27N3O3. The fourth-order valence-corrected chi connectivity index (χ4v) is 3.44. The van der Waals surface area contributed by atoms with Crippen molar-refractivity contribution in [3.8, 4) is 5.75 Å². The Hall–Kier alpha value is -2.24. The van der Waals surface area contributed by atoms with Gasteiger partial charge < -0.3 is 20.3 Å². The van der Waals surface area contributed by atoms with E-state index in [2.05, 4.69) is 24.5 Å². The van der Waals surface area contributed by atoms with E-state index in [1.165, 1.54) is 19.3 Å². The lowest BCUT2D eigenvalue weighted by molar-refractivity contribution is -0.121. The Morgan fingerprint density at radius 3 is 2.76 bits per heavy atom. The Morgan fingerprint density at radius 1 is 1.28 bits per heavy atom. The number of nitrogens with zero attached hydrogens (tertiary/aromatic N) is 1. The molecule has 0 spiro atoms. The molecule has 136 valence electrons. The lowest BCUT2D eigenvalue weighted by Gasteiger charge is -2.31. The first-order chi connectivity index (χ1) is 12.0. The molecule has 1 aliphatic carbocycles. The largest absolute Gasteiger partial charge is 0.482 e. The Labute approximate surface area is 148 Å². The zero-order valence-electron chi connectivity index (χ0n) is 15.0. The van der Waals surface area contributed by atoms with Crippen LogP contribution in [-0.2, 0) is 4.79 Å². The highest BCUT2D eigenvalue weighted by molar-refractivity contribution is 5.99. The number of hydrogen-bond donors (Lipinski definition) is 2. The first-order valence-electron chi connectivity index (χ1n) is 9.17. The smallest absolute Gasteiger partial charge is 0.319 e. The van der Waals surface area contributed by atoms with Gasteiger partial charge >= 0.3 is 6.03 Å². The highest BCUT2D eigenvalue weighted by Gasteiger charge is 2.26. The summed E-state index contributed by atoms with van der Waals surface area (Å²) in [6, 6.07) is 5.50. The van der Waals surface area contributed by atoms with Crippen LogP contribution >= 0.6 is 0 Å². The molecule has 3 rings (SSSR count). The van der Waals surface area contributed by atoms with Gasteiger partial charge in [-0.2, -0.15) is 0 Å². The summed E-state index contributed by atoms with van der Waals surface area (Å²) in [5.41, 5.74) is 1.39. The van der Waals surface area contributed by atoms with E-state index in [9.17, 15) is 9.59 Å². The van der Waals surface area contributed by atoms with Crippen molar-refractivity contribution in [1.29, 1.82) is 0 Å². The summed E-state index contributed by atoms with van der Waals surface area (Å²) >= 11 is 0. The minimum absolute atomic E-state index is 0.0509. The summed E-state index contributed by atoms with van der Waals surface area (Å²) in [5.74, 6) is 0.976. The van der Waals surface area contributed by atoms with E-state index in [-0.39, 0.29) is 24.6 Å². The van der Waals surface area contributed by atoms with Crippen LogP contribution in [0.15, 0.2) is 18.2 Å². The van der Waals surface area contributed by atoms with Crippen LogP contribution in [0.4, 0.5) is 16.2 Å². The number of nitrogens with one attached hydrogen (secondary N) is 2. The van der Waals surface area contributed by atoms with Crippen LogP contribution in [-0.4, -0.2) is 31.1 Å². The maximum atomic E-state index is 12.2. The monoisotopic (exact) mass is 345 g/mol. The molecule has 1 saturated carbocycles. The third-order valence-corrected chi connectivity index (χ3v) is 4.65. The Kier molecular flexibility index (Phi) is 5.46. The number of fused-ring (bicyclic) bond motifs is 1. The topological polar surface area (TPSA) is 70.7 Å². The predicted octanol–water partition coefficient (Wildman–Crippen LogP) is 3.52. The normalized spacial score (nSPS) is 17.9. The maximum absolute atomic E-state index is 12.2. The van der Waals surface area contributed by atoms with Gasteiger partial charge in [-0.05, 0) is 37.0 Å². The minimum atomic E-state index is -0.190. The van der Waals surface area contributed by atoms with Crippen LogP contribution < -0.4 is 20.3 Å². The third kappa shape index (κ3) is 4.44. The molecule has 2 N–H and O–H groups in total. The molecule has 6 nitrogen and oxygen atoms in total. The molecule has 0 radical (unpaired) electrons. The first-order valence-corrected chi connectivity index (χ1v) is 9.17. The third-order valence-electron chi connectivity index (χ3n) is 4.65. The highest BCUT2D eigenvalue weighted by Crippen LogP contribution is 2.35. The Balaban J connectivity index is 1.69. The van der Waals surface area contributed by atoms with Crippen molar-refractivity contribution in [3.63, 3.8) is 0 Å². The zero-order chi connectivity index (χ0) is 17.8. The lowest BCUT2D eigenvalue weighted by atomic mass is 9.96. The molecule has 0 saturated heterocycles. The van der Waals surface area contributed by atoms with Gasteiger partial charge in [-0.15, -0.1) is 0 Å². The van der Waals surface area contributed by atoms with Crippen LogP contribution in [0, 0.1) is 5.92 Å². The number of carbonyl (C=O) groups is 2. The van der Waals surface area contributed by atoms with Gasteiger partial charge in [0.2, 0.25) is 0 Å². The number of rotatable bonds is 4. The number of hydrogen-bond acceptors (Lipinski definition) is 3. The number of carbonyl (C=O) groups excluding carboxylic acids is 2. The molecule has 0 unspecified atom stereocenters. The van der Waals surface area contributed by atoms with Crippen molar-refractivity contribution in [3.05, 3.63) is 18.2 Å². The van der Waals surface area contributed by atoms with Crippen molar-refractivity contribution in [2.75, 3.05) is 23.4 Å². The molecule has 1 aromatic rings. The van der Waals surface area contributed by atoms with Gasteiger partial charge in [0.15, 0.2) is 6.61 Å². The zero-order valence-corrected chi connectivity index (χ0v) is 15.0. The van der Waals surface area contributed by atoms with Crippen LogP contribution in [0.25, 0.3) is 0 Å². The molecule has 0 aromatic heterocycles. The summed E-state index contributed by atoms with van der Waals surface area (Å²) in [6.07, 6.45) is 5.69. The van der Waals surface area contributed by atoms with Crippen LogP contribution in [0.5, 0.6) is 5.75 Å². The number of ether oxygens (including phenoxy) is 1. The van der Waals surface area contributed by atoms with Gasteiger partial charge in [0, 0.05) is 18.3 Å². The van der Waals surface area contributed by atoms with Gasteiger partial charge in [0.05, 0.1) is 5.69 Å². The van der Waals surface area contributed by atoms with Gasteiger partial charge in [-0.1, -0.05) is 33.1 Å². The van der Waals surface area contributed by atoms with Crippen molar-refractivity contribution in [1.82, 2.24) is 5.32 Å². The fraction of sp³-hybridized carbons (Fsp3) is 0.579. The summed E-state index contributed by atoms with van der Waals surface area (Å²) in [7, 11) is 0. The molecular weight excluding hydrogens is 318 g/mol. The van der Waals surface area contributed by atoms with Crippen LogP contribution in [0.2, 0.25) is 0 Å².